The van der Waals surface area contributed by atoms with Crippen LogP contribution in [0.5, 0.6) is 11.5 Å². The molecule has 178 valence electrons. The normalized spacial score (nSPS) is 26.5. The van der Waals surface area contributed by atoms with Crippen molar-refractivity contribution in [3.05, 3.63) is 29.8 Å². The molecule has 1 aliphatic heterocycles. The Balaban J connectivity index is 2.08. The highest BCUT2D eigenvalue weighted by Crippen LogP contribution is 2.27. The van der Waals surface area contributed by atoms with Gasteiger partial charge in [0.2, 0.25) is 0 Å². The summed E-state index contributed by atoms with van der Waals surface area (Å²) in [5.41, 5.74) is 0.526. The minimum Gasteiger partial charge on any atom is -0.504 e. The van der Waals surface area contributed by atoms with Gasteiger partial charge in [-0.3, -0.25) is 4.79 Å². The molecule has 0 unspecified atom stereocenters. The Morgan fingerprint density at radius 3 is 2.59 bits per heavy atom. The van der Waals surface area contributed by atoms with Crippen molar-refractivity contribution in [2.45, 2.75) is 50.7 Å². The molecule has 1 heterocycles. The van der Waals surface area contributed by atoms with E-state index in [4.69, 9.17) is 18.9 Å². The summed E-state index contributed by atoms with van der Waals surface area (Å²) in [6.07, 6.45) is -5.11. The van der Waals surface area contributed by atoms with Crippen molar-refractivity contribution in [1.29, 1.82) is 0 Å². The second kappa shape index (κ2) is 11.8. The molecular weight excluding hydrogens is 426 g/mol. The van der Waals surface area contributed by atoms with Crippen molar-refractivity contribution >= 4 is 18.0 Å². The van der Waals surface area contributed by atoms with Gasteiger partial charge in [-0.15, -0.1) is 0 Å². The monoisotopic (exact) mass is 455 g/mol. The molecule has 0 amide bonds. The van der Waals surface area contributed by atoms with Crippen molar-refractivity contribution in [1.82, 2.24) is 5.32 Å². The fraction of sp³-hybridized carbons (Fsp3) is 0.524. The van der Waals surface area contributed by atoms with Crippen LogP contribution in [0.3, 0.4) is 0 Å². The number of carbonyl (C=O) groups is 2. The van der Waals surface area contributed by atoms with Gasteiger partial charge in [0.15, 0.2) is 30.0 Å². The van der Waals surface area contributed by atoms with E-state index in [0.717, 1.165) is 13.0 Å². The van der Waals surface area contributed by atoms with E-state index in [1.165, 1.54) is 31.4 Å². The van der Waals surface area contributed by atoms with Gasteiger partial charge >= 0.3 is 11.9 Å². The van der Waals surface area contributed by atoms with Gasteiger partial charge < -0.3 is 44.7 Å². The maximum Gasteiger partial charge on any atom is 0.331 e. The summed E-state index contributed by atoms with van der Waals surface area (Å²) in [5, 5.41) is 42.7. The van der Waals surface area contributed by atoms with Gasteiger partial charge in [-0.25, -0.2) is 4.79 Å². The molecule has 1 saturated heterocycles. The quantitative estimate of drug-likeness (QED) is 0.236. The summed E-state index contributed by atoms with van der Waals surface area (Å²) < 4.78 is 20.6. The lowest BCUT2D eigenvalue weighted by molar-refractivity contribution is -0.287. The molecule has 1 aromatic rings. The van der Waals surface area contributed by atoms with Crippen LogP contribution in [0.15, 0.2) is 24.3 Å². The summed E-state index contributed by atoms with van der Waals surface area (Å²) >= 11 is 0. The van der Waals surface area contributed by atoms with Gasteiger partial charge in [-0.1, -0.05) is 6.07 Å². The molecule has 0 saturated carbocycles. The van der Waals surface area contributed by atoms with E-state index >= 15 is 0 Å². The van der Waals surface area contributed by atoms with Crippen LogP contribution in [-0.4, -0.2) is 89.4 Å². The molecule has 0 aromatic heterocycles. The molecule has 1 aliphatic rings. The Hall–Kier alpha value is -2.70. The van der Waals surface area contributed by atoms with Gasteiger partial charge in [0.25, 0.3) is 0 Å². The standard InChI is InChI=1S/C21H29NO10/c1-11(23)9-22-10-16-18(27)19(30-12(2)24)20(21(28)31-16)32-17(26)7-5-13-4-6-14(25)15(8-13)29-3/h4-8,11,16,18-23,25,27-28H,9-10H2,1-3H3/b7-5+/t11-,16-,18-,19+,20+,21+/m0/s1. The van der Waals surface area contributed by atoms with E-state index in [2.05, 4.69) is 5.32 Å². The molecule has 0 spiro atoms. The number of nitrogens with one attached hydrogen (secondary N) is 1. The third-order valence-corrected chi connectivity index (χ3v) is 4.59. The Morgan fingerprint density at radius 1 is 1.25 bits per heavy atom. The van der Waals surface area contributed by atoms with Crippen LogP contribution in [0.4, 0.5) is 0 Å². The van der Waals surface area contributed by atoms with E-state index in [9.17, 15) is 30.0 Å². The second-order valence-corrected chi connectivity index (χ2v) is 7.30. The first kappa shape index (κ1) is 25.6. The molecule has 0 bridgehead atoms. The van der Waals surface area contributed by atoms with Crippen LogP contribution in [0.25, 0.3) is 6.08 Å². The lowest BCUT2D eigenvalue weighted by Gasteiger charge is -2.41. The SMILES string of the molecule is COc1cc(/C=C/C(=O)O[C@@H]2[C@H](OC(C)=O)[C@@H](O)[C@H](CNC[C@H](C)O)O[C@H]2O)ccc1O. The van der Waals surface area contributed by atoms with Gasteiger partial charge in [0, 0.05) is 26.1 Å². The molecular formula is C21H29NO10. The first-order valence-corrected chi connectivity index (χ1v) is 9.95. The van der Waals surface area contributed by atoms with Crippen molar-refractivity contribution in [3.63, 3.8) is 0 Å². The van der Waals surface area contributed by atoms with E-state index in [1.807, 2.05) is 0 Å². The Bertz CT molecular complexity index is 812. The lowest BCUT2D eigenvalue weighted by atomic mass is 9.98. The van der Waals surface area contributed by atoms with Gasteiger partial charge in [0.1, 0.15) is 12.2 Å². The summed E-state index contributed by atoms with van der Waals surface area (Å²) in [4.78, 5) is 23.8. The number of rotatable bonds is 9. The van der Waals surface area contributed by atoms with Gasteiger partial charge in [-0.2, -0.15) is 0 Å². The average Bonchev–Trinajstić information content (AvgIpc) is 2.72. The number of hydrogen-bond donors (Lipinski definition) is 5. The van der Waals surface area contributed by atoms with Crippen molar-refractivity contribution in [2.24, 2.45) is 0 Å². The maximum absolute atomic E-state index is 12.3. The minimum absolute atomic E-state index is 0.0458. The third kappa shape index (κ3) is 7.18. The molecule has 5 N–H and O–H groups in total. The molecule has 11 heteroatoms. The Morgan fingerprint density at radius 2 is 1.97 bits per heavy atom. The average molecular weight is 455 g/mol. The zero-order valence-corrected chi connectivity index (χ0v) is 18.0. The molecule has 11 nitrogen and oxygen atoms in total. The van der Waals surface area contributed by atoms with Gasteiger partial charge in [-0.05, 0) is 30.7 Å². The smallest absolute Gasteiger partial charge is 0.331 e. The highest BCUT2D eigenvalue weighted by molar-refractivity contribution is 5.87. The van der Waals surface area contributed by atoms with Crippen LogP contribution < -0.4 is 10.1 Å². The number of methoxy groups -OCH3 is 1. The largest absolute Gasteiger partial charge is 0.504 e. The fourth-order valence-corrected chi connectivity index (χ4v) is 3.10. The number of ether oxygens (including phenoxy) is 4. The molecule has 0 radical (unpaired) electrons. The number of phenolic OH excluding ortho intramolecular Hbond substituents is 1. The van der Waals surface area contributed by atoms with Crippen LogP contribution in [0.2, 0.25) is 0 Å². The lowest BCUT2D eigenvalue weighted by Crippen LogP contribution is -2.62. The number of carbonyl (C=O) groups excluding carboxylic acids is 2. The predicted molar refractivity (Wildman–Crippen MR) is 111 cm³/mol. The Kier molecular flexibility index (Phi) is 9.42. The molecule has 1 fully saturated rings. The first-order valence-electron chi connectivity index (χ1n) is 9.95. The van der Waals surface area contributed by atoms with E-state index < -0.39 is 48.7 Å². The van der Waals surface area contributed by atoms with Crippen LogP contribution in [-0.2, 0) is 23.8 Å². The predicted octanol–water partition coefficient (Wildman–Crippen LogP) is -0.694. The summed E-state index contributed by atoms with van der Waals surface area (Å²) in [6, 6.07) is 4.42. The zero-order valence-electron chi connectivity index (χ0n) is 18.0. The molecule has 2 rings (SSSR count). The maximum atomic E-state index is 12.3. The van der Waals surface area contributed by atoms with Crippen molar-refractivity contribution < 1.29 is 49.0 Å². The molecule has 32 heavy (non-hydrogen) atoms. The first-order chi connectivity index (χ1) is 15.1. The number of phenols is 1. The third-order valence-electron chi connectivity index (χ3n) is 4.59. The van der Waals surface area contributed by atoms with E-state index in [0.29, 0.717) is 5.56 Å². The van der Waals surface area contributed by atoms with Gasteiger partial charge in [0.05, 0.1) is 13.2 Å². The summed E-state index contributed by atoms with van der Waals surface area (Å²) in [7, 11) is 1.38. The number of hydrogen-bond acceptors (Lipinski definition) is 11. The number of benzene rings is 1. The fourth-order valence-electron chi connectivity index (χ4n) is 3.10. The van der Waals surface area contributed by atoms with Crippen LogP contribution >= 0.6 is 0 Å². The second-order valence-electron chi connectivity index (χ2n) is 7.30. The van der Waals surface area contributed by atoms with E-state index in [-0.39, 0.29) is 24.6 Å². The molecule has 1 aromatic carbocycles. The number of aliphatic hydroxyl groups excluding tert-OH is 3. The number of esters is 2. The number of aliphatic hydroxyl groups is 3. The minimum atomic E-state index is -1.67. The summed E-state index contributed by atoms with van der Waals surface area (Å²) in [6.45, 7) is 2.95. The number of aromatic hydroxyl groups is 1. The van der Waals surface area contributed by atoms with Crippen LogP contribution in [0.1, 0.15) is 19.4 Å². The highest BCUT2D eigenvalue weighted by Gasteiger charge is 2.48. The molecule has 6 atom stereocenters. The van der Waals surface area contributed by atoms with Crippen molar-refractivity contribution in [3.8, 4) is 11.5 Å². The highest BCUT2D eigenvalue weighted by atomic mass is 16.7. The van der Waals surface area contributed by atoms with E-state index in [1.54, 1.807) is 6.92 Å². The Labute approximate surface area is 185 Å². The van der Waals surface area contributed by atoms with Crippen molar-refractivity contribution in [2.75, 3.05) is 20.2 Å². The zero-order chi connectivity index (χ0) is 23.8. The topological polar surface area (TPSA) is 164 Å². The summed E-state index contributed by atoms with van der Waals surface area (Å²) in [5.74, 6) is -1.48. The van der Waals surface area contributed by atoms with Crippen LogP contribution in [0, 0.1) is 0 Å². The molecule has 0 aliphatic carbocycles.